The van der Waals surface area contributed by atoms with Crippen LogP contribution in [0.25, 0.3) is 10.1 Å². The maximum absolute atomic E-state index is 10.4. The Morgan fingerprint density at radius 2 is 2.12 bits per heavy atom. The van der Waals surface area contributed by atoms with Crippen LogP contribution in [0.5, 0.6) is 0 Å². The first-order valence-electron chi connectivity index (χ1n) is 6.12. The first-order chi connectivity index (χ1) is 8.27. The monoisotopic (exact) mass is 249 g/mol. The smallest absolute Gasteiger partial charge is 0.0844 e. The zero-order chi connectivity index (χ0) is 12.3. The molecule has 0 saturated carbocycles. The summed E-state index contributed by atoms with van der Waals surface area (Å²) in [5, 5.41) is 13.7. The van der Waals surface area contributed by atoms with Crippen LogP contribution >= 0.6 is 11.3 Å². The summed E-state index contributed by atoms with van der Waals surface area (Å²) < 4.78 is 1.23. The molecule has 92 valence electrons. The maximum atomic E-state index is 10.4. The maximum Gasteiger partial charge on any atom is 0.0844 e. The Balaban J connectivity index is 2.32. The van der Waals surface area contributed by atoms with E-state index in [9.17, 15) is 5.11 Å². The van der Waals surface area contributed by atoms with Gasteiger partial charge in [0.1, 0.15) is 0 Å². The average Bonchev–Trinajstić information content (AvgIpc) is 2.79. The van der Waals surface area contributed by atoms with Crippen molar-refractivity contribution in [2.24, 2.45) is 11.7 Å². The topological polar surface area (TPSA) is 46.2 Å². The van der Waals surface area contributed by atoms with Gasteiger partial charge in [-0.05, 0) is 35.4 Å². The van der Waals surface area contributed by atoms with E-state index in [1.165, 1.54) is 10.1 Å². The molecule has 2 unspecified atom stereocenters. The molecule has 0 spiro atoms. The van der Waals surface area contributed by atoms with Gasteiger partial charge in [-0.15, -0.1) is 11.3 Å². The van der Waals surface area contributed by atoms with E-state index in [2.05, 4.69) is 24.4 Å². The van der Waals surface area contributed by atoms with Crippen LogP contribution in [0.2, 0.25) is 0 Å². The number of aliphatic hydroxyl groups is 1. The molecule has 1 aromatic carbocycles. The molecule has 2 atom stereocenters. The highest BCUT2D eigenvalue weighted by Gasteiger charge is 2.21. The predicted octanol–water partition coefficient (Wildman–Crippen LogP) is 3.31. The highest BCUT2D eigenvalue weighted by atomic mass is 32.1. The number of rotatable bonds is 5. The van der Waals surface area contributed by atoms with Crippen LogP contribution in [0.3, 0.4) is 0 Å². The van der Waals surface area contributed by atoms with E-state index in [1.807, 2.05) is 12.1 Å². The molecule has 2 nitrogen and oxygen atoms in total. The van der Waals surface area contributed by atoms with Gasteiger partial charge in [0.05, 0.1) is 6.10 Å². The molecule has 1 heterocycles. The first kappa shape index (κ1) is 12.6. The predicted molar refractivity (Wildman–Crippen MR) is 74.2 cm³/mol. The number of hydrogen-bond acceptors (Lipinski definition) is 3. The van der Waals surface area contributed by atoms with E-state index in [0.29, 0.717) is 6.54 Å². The summed E-state index contributed by atoms with van der Waals surface area (Å²) in [6.45, 7) is 2.67. The molecular weight excluding hydrogens is 230 g/mol. The van der Waals surface area contributed by atoms with E-state index in [4.69, 9.17) is 5.73 Å². The zero-order valence-electron chi connectivity index (χ0n) is 10.1. The second-order valence-electron chi connectivity index (χ2n) is 4.42. The Hall–Kier alpha value is -0.900. The van der Waals surface area contributed by atoms with Crippen LogP contribution in [0.15, 0.2) is 29.6 Å². The lowest BCUT2D eigenvalue weighted by Crippen LogP contribution is -2.21. The zero-order valence-corrected chi connectivity index (χ0v) is 10.9. The molecule has 0 saturated heterocycles. The van der Waals surface area contributed by atoms with E-state index < -0.39 is 6.10 Å². The molecule has 0 aliphatic carbocycles. The summed E-state index contributed by atoms with van der Waals surface area (Å²) >= 11 is 1.69. The molecule has 1 aromatic heterocycles. The summed E-state index contributed by atoms with van der Waals surface area (Å²) in [4.78, 5) is 0. The van der Waals surface area contributed by atoms with Crippen molar-refractivity contribution in [1.29, 1.82) is 0 Å². The van der Waals surface area contributed by atoms with Crippen molar-refractivity contribution >= 4 is 21.4 Å². The lowest BCUT2D eigenvalue weighted by Gasteiger charge is -2.20. The third-order valence-corrected chi connectivity index (χ3v) is 4.22. The van der Waals surface area contributed by atoms with Crippen LogP contribution in [-0.4, -0.2) is 11.7 Å². The van der Waals surface area contributed by atoms with Crippen molar-refractivity contribution in [3.63, 3.8) is 0 Å². The van der Waals surface area contributed by atoms with Crippen molar-refractivity contribution in [3.8, 4) is 0 Å². The first-order valence-corrected chi connectivity index (χ1v) is 7.00. The number of nitrogens with two attached hydrogens (primary N) is 1. The van der Waals surface area contributed by atoms with Gasteiger partial charge in [0, 0.05) is 10.6 Å². The molecule has 0 aliphatic rings. The molecule has 0 amide bonds. The summed E-state index contributed by atoms with van der Waals surface area (Å²) in [5.74, 6) is 0.165. The van der Waals surface area contributed by atoms with E-state index in [0.717, 1.165) is 18.4 Å². The van der Waals surface area contributed by atoms with Gasteiger partial charge in [-0.25, -0.2) is 0 Å². The fourth-order valence-electron chi connectivity index (χ4n) is 2.26. The number of benzene rings is 1. The van der Waals surface area contributed by atoms with Crippen molar-refractivity contribution in [2.45, 2.75) is 25.9 Å². The third kappa shape index (κ3) is 2.51. The van der Waals surface area contributed by atoms with E-state index in [1.54, 1.807) is 11.3 Å². The molecule has 3 N–H and O–H groups in total. The molecule has 0 bridgehead atoms. The fraction of sp³-hybridized carbons (Fsp3) is 0.429. The average molecular weight is 249 g/mol. The Kier molecular flexibility index (Phi) is 4.15. The van der Waals surface area contributed by atoms with Gasteiger partial charge >= 0.3 is 0 Å². The SMILES string of the molecule is CCCC(CN)C(O)c1csc2ccccc12. The Morgan fingerprint density at radius 1 is 1.35 bits per heavy atom. The van der Waals surface area contributed by atoms with Gasteiger partial charge in [-0.3, -0.25) is 0 Å². The van der Waals surface area contributed by atoms with Gasteiger partial charge < -0.3 is 10.8 Å². The molecular formula is C14H19NOS. The number of aliphatic hydroxyl groups excluding tert-OH is 1. The summed E-state index contributed by atoms with van der Waals surface area (Å²) in [5.41, 5.74) is 6.79. The lowest BCUT2D eigenvalue weighted by atomic mass is 9.92. The normalized spacial score (nSPS) is 15.0. The van der Waals surface area contributed by atoms with Crippen LogP contribution in [0.4, 0.5) is 0 Å². The minimum absolute atomic E-state index is 0.165. The van der Waals surface area contributed by atoms with Crippen LogP contribution in [-0.2, 0) is 0 Å². The van der Waals surface area contributed by atoms with Gasteiger partial charge in [-0.1, -0.05) is 31.5 Å². The van der Waals surface area contributed by atoms with Crippen molar-refractivity contribution < 1.29 is 5.11 Å². The minimum atomic E-state index is -0.434. The van der Waals surface area contributed by atoms with Crippen LogP contribution in [0.1, 0.15) is 31.4 Å². The number of fused-ring (bicyclic) bond motifs is 1. The van der Waals surface area contributed by atoms with Gasteiger partial charge in [0.15, 0.2) is 0 Å². The Labute approximate surface area is 106 Å². The molecule has 2 aromatic rings. The minimum Gasteiger partial charge on any atom is -0.388 e. The van der Waals surface area contributed by atoms with Crippen molar-refractivity contribution in [3.05, 3.63) is 35.2 Å². The summed E-state index contributed by atoms with van der Waals surface area (Å²) in [6.07, 6.45) is 1.60. The standard InChI is InChI=1S/C14H19NOS/c1-2-5-10(8-15)14(16)12-9-17-13-7-4-3-6-11(12)13/h3-4,6-7,9-10,14,16H,2,5,8,15H2,1H3. The van der Waals surface area contributed by atoms with Crippen molar-refractivity contribution in [1.82, 2.24) is 0 Å². The molecule has 0 aliphatic heterocycles. The summed E-state index contributed by atoms with van der Waals surface area (Å²) in [6, 6.07) is 8.21. The lowest BCUT2D eigenvalue weighted by molar-refractivity contribution is 0.108. The highest BCUT2D eigenvalue weighted by Crippen LogP contribution is 2.34. The van der Waals surface area contributed by atoms with Gasteiger partial charge in [-0.2, -0.15) is 0 Å². The quantitative estimate of drug-likeness (QED) is 0.854. The fourth-order valence-corrected chi connectivity index (χ4v) is 3.25. The van der Waals surface area contributed by atoms with E-state index >= 15 is 0 Å². The summed E-state index contributed by atoms with van der Waals surface area (Å²) in [7, 11) is 0. The molecule has 0 fully saturated rings. The number of thiophene rings is 1. The molecule has 3 heteroatoms. The molecule has 17 heavy (non-hydrogen) atoms. The van der Waals surface area contributed by atoms with Crippen LogP contribution < -0.4 is 5.73 Å². The largest absolute Gasteiger partial charge is 0.388 e. The van der Waals surface area contributed by atoms with Crippen LogP contribution in [0, 0.1) is 5.92 Å². The Morgan fingerprint density at radius 3 is 2.82 bits per heavy atom. The second kappa shape index (κ2) is 5.63. The Bertz CT molecular complexity index is 480. The van der Waals surface area contributed by atoms with E-state index in [-0.39, 0.29) is 5.92 Å². The van der Waals surface area contributed by atoms with Gasteiger partial charge in [0.25, 0.3) is 0 Å². The van der Waals surface area contributed by atoms with Gasteiger partial charge in [0.2, 0.25) is 0 Å². The van der Waals surface area contributed by atoms with Crippen molar-refractivity contribution in [2.75, 3.05) is 6.54 Å². The number of hydrogen-bond donors (Lipinski definition) is 2. The molecule has 0 radical (unpaired) electrons. The highest BCUT2D eigenvalue weighted by molar-refractivity contribution is 7.17. The second-order valence-corrected chi connectivity index (χ2v) is 5.33. The molecule has 2 rings (SSSR count). The third-order valence-electron chi connectivity index (χ3n) is 3.24.